The van der Waals surface area contributed by atoms with Gasteiger partial charge in [-0.1, -0.05) is 25.5 Å². The van der Waals surface area contributed by atoms with Crippen LogP contribution in [-0.4, -0.2) is 33.2 Å². The highest BCUT2D eigenvalue weighted by molar-refractivity contribution is 5.93. The van der Waals surface area contributed by atoms with Crippen LogP contribution < -0.4 is 0 Å². The molecule has 0 atom stereocenters. The van der Waals surface area contributed by atoms with Crippen LogP contribution in [0.5, 0.6) is 0 Å². The minimum Gasteiger partial charge on any atom is -0.385 e. The zero-order valence-corrected chi connectivity index (χ0v) is 20.7. The van der Waals surface area contributed by atoms with Gasteiger partial charge in [0.1, 0.15) is 0 Å². The van der Waals surface area contributed by atoms with E-state index in [0.717, 1.165) is 59.6 Å². The summed E-state index contributed by atoms with van der Waals surface area (Å²) in [7, 11) is 3.74. The van der Waals surface area contributed by atoms with Crippen LogP contribution in [0.4, 0.5) is 0 Å². The van der Waals surface area contributed by atoms with Crippen molar-refractivity contribution in [3.8, 4) is 11.4 Å². The van der Waals surface area contributed by atoms with Gasteiger partial charge >= 0.3 is 0 Å². The summed E-state index contributed by atoms with van der Waals surface area (Å²) < 4.78 is 7.19. The second-order valence-electron chi connectivity index (χ2n) is 8.90. The molecule has 34 heavy (non-hydrogen) atoms. The molecule has 176 valence electrons. The number of unbranched alkanes of at least 4 members (excludes halogenated alkanes) is 1. The van der Waals surface area contributed by atoms with Crippen LogP contribution in [0.3, 0.4) is 0 Å². The summed E-state index contributed by atoms with van der Waals surface area (Å²) in [4.78, 5) is 13.8. The van der Waals surface area contributed by atoms with Crippen LogP contribution >= 0.6 is 0 Å². The molecule has 3 heterocycles. The van der Waals surface area contributed by atoms with Crippen molar-refractivity contribution in [1.29, 1.82) is 0 Å². The van der Waals surface area contributed by atoms with E-state index in [1.807, 2.05) is 30.3 Å². The molecular formula is C29H34N4O. The standard InChI is InChI=1S/C29H34N4O/c1-5-6-8-23-17-26-24(11-10-22-12-13-31-25(16-22)9-7-14-34-4)18-28(29-19-30-20-33(29)3)32-27(26)15-21(23)2/h10-13,15-20H,5-9,14H2,1-4H3/b11-10+. The molecule has 0 aliphatic carbocycles. The molecule has 0 aliphatic heterocycles. The van der Waals surface area contributed by atoms with Crippen LogP contribution in [0.15, 0.2) is 49.1 Å². The number of imidazole rings is 1. The Kier molecular flexibility index (Phi) is 7.86. The van der Waals surface area contributed by atoms with Crippen LogP contribution in [0.1, 0.15) is 54.1 Å². The zero-order chi connectivity index (χ0) is 23.9. The first-order valence-electron chi connectivity index (χ1n) is 12.1. The Labute approximate surface area is 202 Å². The predicted octanol–water partition coefficient (Wildman–Crippen LogP) is 6.43. The maximum Gasteiger partial charge on any atom is 0.0948 e. The molecule has 3 aromatic heterocycles. The molecule has 4 rings (SSSR count). The molecule has 0 radical (unpaired) electrons. The van der Waals surface area contributed by atoms with Crippen LogP contribution in [0, 0.1) is 6.92 Å². The van der Waals surface area contributed by atoms with Crippen LogP contribution in [-0.2, 0) is 24.6 Å². The lowest BCUT2D eigenvalue weighted by molar-refractivity contribution is 0.195. The van der Waals surface area contributed by atoms with Crippen molar-refractivity contribution in [2.24, 2.45) is 7.05 Å². The highest BCUT2D eigenvalue weighted by atomic mass is 16.5. The Morgan fingerprint density at radius 2 is 1.94 bits per heavy atom. The van der Waals surface area contributed by atoms with Crippen LogP contribution in [0.25, 0.3) is 34.4 Å². The van der Waals surface area contributed by atoms with Crippen molar-refractivity contribution in [2.45, 2.75) is 46.0 Å². The first-order chi connectivity index (χ1) is 16.6. The quantitative estimate of drug-likeness (QED) is 0.259. The Morgan fingerprint density at radius 3 is 2.71 bits per heavy atom. The van der Waals surface area contributed by atoms with E-state index in [9.17, 15) is 0 Å². The Morgan fingerprint density at radius 1 is 1.06 bits per heavy atom. The van der Waals surface area contributed by atoms with Gasteiger partial charge in [0.15, 0.2) is 0 Å². The predicted molar refractivity (Wildman–Crippen MR) is 141 cm³/mol. The topological polar surface area (TPSA) is 52.8 Å². The molecule has 0 unspecified atom stereocenters. The number of aryl methyl sites for hydroxylation is 4. The van der Waals surface area contributed by atoms with Gasteiger partial charge in [-0.15, -0.1) is 0 Å². The van der Waals surface area contributed by atoms with Crippen molar-refractivity contribution in [2.75, 3.05) is 13.7 Å². The number of benzene rings is 1. The summed E-state index contributed by atoms with van der Waals surface area (Å²) in [5.41, 5.74) is 9.07. The number of nitrogens with zero attached hydrogens (tertiary/aromatic N) is 4. The molecule has 5 nitrogen and oxygen atoms in total. The molecule has 0 aliphatic rings. The van der Waals surface area contributed by atoms with E-state index in [2.05, 4.69) is 66.3 Å². The second kappa shape index (κ2) is 11.2. The maximum atomic E-state index is 5.18. The van der Waals surface area contributed by atoms with E-state index in [1.54, 1.807) is 7.11 Å². The van der Waals surface area contributed by atoms with Gasteiger partial charge in [-0.3, -0.25) is 4.98 Å². The van der Waals surface area contributed by atoms with Gasteiger partial charge in [-0.05, 0) is 85.2 Å². The lowest BCUT2D eigenvalue weighted by atomic mass is 9.97. The lowest BCUT2D eigenvalue weighted by Crippen LogP contribution is -1.97. The molecule has 0 saturated carbocycles. The average Bonchev–Trinajstić information content (AvgIpc) is 3.27. The number of hydrogen-bond donors (Lipinski definition) is 0. The Hall–Kier alpha value is -3.31. The van der Waals surface area contributed by atoms with Crippen molar-refractivity contribution in [3.05, 3.63) is 77.0 Å². The number of fused-ring (bicyclic) bond motifs is 1. The van der Waals surface area contributed by atoms with Crippen molar-refractivity contribution in [3.63, 3.8) is 0 Å². The Bertz CT molecular complexity index is 1290. The Balaban J connectivity index is 1.76. The van der Waals surface area contributed by atoms with E-state index in [4.69, 9.17) is 9.72 Å². The molecule has 0 spiro atoms. The highest BCUT2D eigenvalue weighted by Gasteiger charge is 2.11. The fraction of sp³-hybridized carbons (Fsp3) is 0.345. The number of hydrogen-bond acceptors (Lipinski definition) is 4. The van der Waals surface area contributed by atoms with E-state index in [-0.39, 0.29) is 0 Å². The summed E-state index contributed by atoms with van der Waals surface area (Å²) in [6.45, 7) is 5.19. The van der Waals surface area contributed by atoms with Gasteiger partial charge in [-0.2, -0.15) is 0 Å². The van der Waals surface area contributed by atoms with E-state index >= 15 is 0 Å². The van der Waals surface area contributed by atoms with Gasteiger partial charge in [-0.25, -0.2) is 9.97 Å². The summed E-state index contributed by atoms with van der Waals surface area (Å²) in [5, 5.41) is 1.19. The van der Waals surface area contributed by atoms with Gasteiger partial charge in [0.05, 0.1) is 29.4 Å². The van der Waals surface area contributed by atoms with Gasteiger partial charge in [0.25, 0.3) is 0 Å². The molecule has 0 saturated heterocycles. The van der Waals surface area contributed by atoms with Crippen molar-refractivity contribution >= 4 is 23.1 Å². The van der Waals surface area contributed by atoms with E-state index in [1.165, 1.54) is 29.4 Å². The fourth-order valence-corrected chi connectivity index (χ4v) is 4.28. The van der Waals surface area contributed by atoms with Crippen molar-refractivity contribution in [1.82, 2.24) is 19.5 Å². The second-order valence-corrected chi connectivity index (χ2v) is 8.90. The number of ether oxygens (including phenoxy) is 1. The normalized spacial score (nSPS) is 11.6. The monoisotopic (exact) mass is 454 g/mol. The zero-order valence-electron chi connectivity index (χ0n) is 20.7. The number of pyridine rings is 2. The third-order valence-corrected chi connectivity index (χ3v) is 6.25. The maximum absolute atomic E-state index is 5.18. The molecule has 0 bridgehead atoms. The molecule has 0 amide bonds. The smallest absolute Gasteiger partial charge is 0.0948 e. The highest BCUT2D eigenvalue weighted by Crippen LogP contribution is 2.29. The third kappa shape index (κ3) is 5.60. The molecule has 0 N–H and O–H groups in total. The minimum absolute atomic E-state index is 0.751. The van der Waals surface area contributed by atoms with Crippen molar-refractivity contribution < 1.29 is 4.74 Å². The largest absolute Gasteiger partial charge is 0.385 e. The molecular weight excluding hydrogens is 420 g/mol. The summed E-state index contributed by atoms with van der Waals surface area (Å²) in [6, 6.07) is 11.0. The molecule has 5 heteroatoms. The number of methoxy groups -OCH3 is 1. The summed E-state index contributed by atoms with van der Waals surface area (Å²) in [5.74, 6) is 0. The first kappa shape index (κ1) is 23.8. The summed E-state index contributed by atoms with van der Waals surface area (Å²) in [6.07, 6.45) is 15.3. The van der Waals surface area contributed by atoms with E-state index < -0.39 is 0 Å². The number of rotatable bonds is 10. The van der Waals surface area contributed by atoms with Gasteiger partial charge < -0.3 is 9.30 Å². The number of aromatic nitrogens is 4. The SMILES string of the molecule is CCCCc1cc2c(/C=C/c3ccnc(CCCOC)c3)cc(-c3cncn3C)nc2cc1C. The minimum atomic E-state index is 0.751. The summed E-state index contributed by atoms with van der Waals surface area (Å²) >= 11 is 0. The lowest BCUT2D eigenvalue weighted by Gasteiger charge is -2.12. The average molecular weight is 455 g/mol. The molecule has 4 aromatic rings. The molecule has 0 fully saturated rings. The van der Waals surface area contributed by atoms with Gasteiger partial charge in [0.2, 0.25) is 0 Å². The molecule has 1 aromatic carbocycles. The fourth-order valence-electron chi connectivity index (χ4n) is 4.28. The van der Waals surface area contributed by atoms with Crippen LogP contribution in [0.2, 0.25) is 0 Å². The van der Waals surface area contributed by atoms with Gasteiger partial charge in [0, 0.05) is 38.0 Å². The van der Waals surface area contributed by atoms with E-state index in [0.29, 0.717) is 0 Å². The third-order valence-electron chi connectivity index (χ3n) is 6.25. The first-order valence-corrected chi connectivity index (χ1v) is 12.1.